The fraction of sp³-hybridized carbons (Fsp3) is 0.280. The molecule has 0 saturated heterocycles. The first-order valence-electron chi connectivity index (χ1n) is 11.3. The molecule has 0 spiro atoms. The van der Waals surface area contributed by atoms with Gasteiger partial charge in [-0.15, -0.1) is 0 Å². The van der Waals surface area contributed by atoms with E-state index >= 15 is 0 Å². The third-order valence-electron chi connectivity index (χ3n) is 5.51. The smallest absolute Gasteiger partial charge is 0.302 e. The summed E-state index contributed by atoms with van der Waals surface area (Å²) in [6.07, 6.45) is 0. The molecule has 0 unspecified atom stereocenters. The monoisotopic (exact) mass is 513 g/mol. The number of nitro groups is 2. The van der Waals surface area contributed by atoms with Crippen LogP contribution in [0.5, 0.6) is 0 Å². The second-order valence-electron chi connectivity index (χ2n) is 8.41. The van der Waals surface area contributed by atoms with Crippen molar-refractivity contribution in [3.05, 3.63) is 116 Å². The highest BCUT2D eigenvalue weighted by Crippen LogP contribution is 2.56. The van der Waals surface area contributed by atoms with E-state index < -0.39 is 23.2 Å². The van der Waals surface area contributed by atoms with Gasteiger partial charge in [-0.25, -0.2) is 0 Å². The Morgan fingerprint density at radius 2 is 1.22 bits per heavy atom. The number of nitro benzene ring substituents is 2. The molecular formula is C25H28N3O7P. The summed E-state index contributed by atoms with van der Waals surface area (Å²) in [5.74, 6) is -1.01. The Labute approximate surface area is 209 Å². The van der Waals surface area contributed by atoms with Crippen molar-refractivity contribution in [3.8, 4) is 0 Å². The Hall–Kier alpha value is -3.43. The Morgan fingerprint density at radius 3 is 1.67 bits per heavy atom. The van der Waals surface area contributed by atoms with Crippen LogP contribution in [0, 0.1) is 26.1 Å². The largest absolute Gasteiger partial charge is 0.348 e. The molecule has 0 bridgehead atoms. The van der Waals surface area contributed by atoms with Gasteiger partial charge in [0.2, 0.25) is 0 Å². The Bertz CT molecular complexity index is 1170. The molecule has 3 rings (SSSR count). The Morgan fingerprint density at radius 1 is 0.778 bits per heavy atom. The van der Waals surface area contributed by atoms with E-state index in [0.717, 1.165) is 5.56 Å². The number of hydrogen-bond donors (Lipinski definition) is 1. The second kappa shape index (κ2) is 12.5. The van der Waals surface area contributed by atoms with Crippen LogP contribution in [0.1, 0.15) is 30.5 Å². The van der Waals surface area contributed by atoms with E-state index in [9.17, 15) is 24.8 Å². The number of rotatable bonds is 13. The first-order valence-corrected chi connectivity index (χ1v) is 12.9. The van der Waals surface area contributed by atoms with E-state index in [1.165, 1.54) is 36.4 Å². The highest BCUT2D eigenvalue weighted by molar-refractivity contribution is 7.54. The molecule has 10 nitrogen and oxygen atoms in total. The van der Waals surface area contributed by atoms with E-state index in [2.05, 4.69) is 5.32 Å². The number of nitrogens with zero attached hydrogens (tertiary/aromatic N) is 2. The average molecular weight is 513 g/mol. The van der Waals surface area contributed by atoms with E-state index in [1.807, 2.05) is 44.2 Å². The minimum absolute atomic E-state index is 0.166. The molecule has 0 heterocycles. The van der Waals surface area contributed by atoms with E-state index in [-0.39, 0.29) is 41.6 Å². The van der Waals surface area contributed by atoms with Gasteiger partial charge in [0.25, 0.3) is 11.4 Å². The fourth-order valence-electron chi connectivity index (χ4n) is 3.67. The second-order valence-corrected chi connectivity index (χ2v) is 10.6. The number of para-hydroxylation sites is 2. The summed E-state index contributed by atoms with van der Waals surface area (Å²) in [6, 6.07) is 21.5. The van der Waals surface area contributed by atoms with Crippen molar-refractivity contribution in [1.29, 1.82) is 0 Å². The lowest BCUT2D eigenvalue weighted by Gasteiger charge is -2.30. The average Bonchev–Trinajstić information content (AvgIpc) is 2.87. The van der Waals surface area contributed by atoms with Crippen molar-refractivity contribution in [3.63, 3.8) is 0 Å². The maximum absolute atomic E-state index is 14.2. The maximum Gasteiger partial charge on any atom is 0.348 e. The highest BCUT2D eigenvalue weighted by atomic mass is 31.2. The van der Waals surface area contributed by atoms with Crippen LogP contribution >= 0.6 is 7.60 Å². The third kappa shape index (κ3) is 7.05. The molecule has 190 valence electrons. The molecule has 0 aliphatic carbocycles. The van der Waals surface area contributed by atoms with Crippen LogP contribution < -0.4 is 5.32 Å². The van der Waals surface area contributed by atoms with Crippen molar-refractivity contribution in [2.24, 2.45) is 5.92 Å². The van der Waals surface area contributed by atoms with Crippen LogP contribution in [0.2, 0.25) is 0 Å². The van der Waals surface area contributed by atoms with Gasteiger partial charge in [-0.3, -0.25) is 30.1 Å². The third-order valence-corrected chi connectivity index (χ3v) is 7.95. The van der Waals surface area contributed by atoms with Crippen molar-refractivity contribution in [2.75, 3.05) is 0 Å². The van der Waals surface area contributed by atoms with Gasteiger partial charge in [-0.05, 0) is 23.6 Å². The summed E-state index contributed by atoms with van der Waals surface area (Å²) in [7, 11) is -4.01. The molecule has 11 heteroatoms. The number of benzene rings is 3. The van der Waals surface area contributed by atoms with Crippen molar-refractivity contribution >= 4 is 19.0 Å². The molecule has 0 aliphatic rings. The molecule has 3 aromatic carbocycles. The van der Waals surface area contributed by atoms with Crippen molar-refractivity contribution in [2.45, 2.75) is 39.4 Å². The summed E-state index contributed by atoms with van der Waals surface area (Å²) >= 11 is 0. The van der Waals surface area contributed by atoms with Crippen LogP contribution in [0.4, 0.5) is 11.4 Å². The van der Waals surface area contributed by atoms with Gasteiger partial charge in [-0.2, -0.15) is 0 Å². The molecule has 0 radical (unpaired) electrons. The summed E-state index contributed by atoms with van der Waals surface area (Å²) in [4.78, 5) is 21.8. The maximum atomic E-state index is 14.2. The van der Waals surface area contributed by atoms with E-state index in [0.29, 0.717) is 6.54 Å². The summed E-state index contributed by atoms with van der Waals surface area (Å²) in [5.41, 5.74) is 1.10. The zero-order valence-electron chi connectivity index (χ0n) is 20.0. The summed E-state index contributed by atoms with van der Waals surface area (Å²) in [6.45, 7) is 3.40. The molecule has 0 aromatic heterocycles. The van der Waals surface area contributed by atoms with Gasteiger partial charge in [0.05, 0.1) is 34.2 Å². The molecule has 1 atom stereocenters. The lowest BCUT2D eigenvalue weighted by molar-refractivity contribution is -0.385. The molecule has 36 heavy (non-hydrogen) atoms. The minimum atomic E-state index is -4.01. The van der Waals surface area contributed by atoms with Gasteiger partial charge >= 0.3 is 7.60 Å². The van der Waals surface area contributed by atoms with Gasteiger partial charge in [0, 0.05) is 18.7 Å². The van der Waals surface area contributed by atoms with Crippen LogP contribution in [-0.2, 0) is 33.4 Å². The Kier molecular flexibility index (Phi) is 9.44. The predicted octanol–water partition coefficient (Wildman–Crippen LogP) is 6.20. The van der Waals surface area contributed by atoms with Gasteiger partial charge in [0.15, 0.2) is 0 Å². The van der Waals surface area contributed by atoms with Crippen LogP contribution in [0.3, 0.4) is 0 Å². The lowest BCUT2D eigenvalue weighted by atomic mass is 10.2. The quantitative estimate of drug-likeness (QED) is 0.162. The zero-order chi connectivity index (χ0) is 26.1. The van der Waals surface area contributed by atoms with Crippen molar-refractivity contribution < 1.29 is 23.5 Å². The summed E-state index contributed by atoms with van der Waals surface area (Å²) < 4.78 is 25.9. The van der Waals surface area contributed by atoms with E-state index in [1.54, 1.807) is 12.1 Å². The lowest BCUT2D eigenvalue weighted by Crippen LogP contribution is -2.34. The SMILES string of the molecule is CC(C)[C@@H](NCc1ccccc1)P(=O)(OCc1ccccc1[N+](=O)[O-])OCc1ccccc1[N+](=O)[O-]. The molecule has 1 N–H and O–H groups in total. The summed E-state index contributed by atoms with van der Waals surface area (Å²) in [5, 5.41) is 26.1. The standard InChI is InChI=1S/C25H28N3O7P/c1-19(2)25(26-16-20-10-4-3-5-11-20)36(33,34-17-21-12-6-8-14-23(21)27(29)30)35-18-22-13-7-9-15-24(22)28(31)32/h3-15,19,25-26H,16-18H2,1-2H3/t25-/m0/s1. The molecule has 3 aromatic rings. The molecule has 0 amide bonds. The van der Waals surface area contributed by atoms with Gasteiger partial charge < -0.3 is 9.05 Å². The molecule has 0 saturated carbocycles. The van der Waals surface area contributed by atoms with Crippen LogP contribution in [0.15, 0.2) is 78.9 Å². The molecule has 0 aliphatic heterocycles. The van der Waals surface area contributed by atoms with Gasteiger partial charge in [0.1, 0.15) is 5.78 Å². The zero-order valence-corrected chi connectivity index (χ0v) is 20.9. The highest BCUT2D eigenvalue weighted by Gasteiger charge is 2.39. The topological polar surface area (TPSA) is 134 Å². The molecular weight excluding hydrogens is 485 g/mol. The first-order chi connectivity index (χ1) is 17.2. The number of hydrogen-bond acceptors (Lipinski definition) is 8. The minimum Gasteiger partial charge on any atom is -0.302 e. The van der Waals surface area contributed by atoms with Crippen molar-refractivity contribution in [1.82, 2.24) is 5.32 Å². The first kappa shape index (κ1) is 27.2. The van der Waals surface area contributed by atoms with Gasteiger partial charge in [-0.1, -0.05) is 68.4 Å². The van der Waals surface area contributed by atoms with Crippen LogP contribution in [-0.4, -0.2) is 15.6 Å². The normalized spacial score (nSPS) is 12.4. The Balaban J connectivity index is 1.90. The number of nitrogens with one attached hydrogen (secondary N) is 1. The molecule has 0 fully saturated rings. The fourth-order valence-corrected chi connectivity index (χ4v) is 5.75. The van der Waals surface area contributed by atoms with E-state index in [4.69, 9.17) is 9.05 Å². The van der Waals surface area contributed by atoms with Crippen LogP contribution in [0.25, 0.3) is 0 Å². The predicted molar refractivity (Wildman–Crippen MR) is 135 cm³/mol.